The minimum absolute atomic E-state index is 0.00507. The van der Waals surface area contributed by atoms with Crippen molar-refractivity contribution in [2.24, 2.45) is 13.0 Å². The molecular weight excluding hydrogens is 442 g/mol. The van der Waals surface area contributed by atoms with Crippen molar-refractivity contribution in [2.75, 3.05) is 19.0 Å². The van der Waals surface area contributed by atoms with Crippen LogP contribution in [0.25, 0.3) is 10.9 Å². The number of fused-ring (bicyclic) bond motifs is 3. The van der Waals surface area contributed by atoms with Gasteiger partial charge in [-0.2, -0.15) is 5.26 Å². The Morgan fingerprint density at radius 1 is 1.11 bits per heavy atom. The van der Waals surface area contributed by atoms with E-state index in [1.54, 1.807) is 12.1 Å². The number of hydrogen-bond acceptors (Lipinski definition) is 6. The number of carbonyl (C=O) groups excluding carboxylic acids is 1. The van der Waals surface area contributed by atoms with Gasteiger partial charge < -0.3 is 9.47 Å². The summed E-state index contributed by atoms with van der Waals surface area (Å²) in [5.74, 6) is 0.293. The summed E-state index contributed by atoms with van der Waals surface area (Å²) in [6, 6.07) is 16.9. The van der Waals surface area contributed by atoms with Gasteiger partial charge in [-0.25, -0.2) is 0 Å². The fourth-order valence-corrected chi connectivity index (χ4v) is 5.78. The highest BCUT2D eigenvalue weighted by atomic mass is 16.6. The molecular formula is C27H27N5O3. The second-order valence-corrected chi connectivity index (χ2v) is 9.46. The van der Waals surface area contributed by atoms with E-state index in [4.69, 9.17) is 0 Å². The lowest BCUT2D eigenvalue weighted by molar-refractivity contribution is -0.384. The first-order valence-corrected chi connectivity index (χ1v) is 11.8. The van der Waals surface area contributed by atoms with Crippen LogP contribution in [0.4, 0.5) is 17.1 Å². The lowest BCUT2D eigenvalue weighted by Gasteiger charge is -2.41. The summed E-state index contributed by atoms with van der Waals surface area (Å²) in [6.07, 6.45) is 3.16. The zero-order valence-corrected chi connectivity index (χ0v) is 20.1. The average Bonchev–Trinajstić information content (AvgIpc) is 3.15. The van der Waals surface area contributed by atoms with Gasteiger partial charge in [0.05, 0.1) is 33.5 Å². The fraction of sp³-hybridized carbons (Fsp3) is 0.333. The number of aryl methyl sites for hydroxylation is 1. The maximum absolute atomic E-state index is 13.2. The molecule has 2 aromatic carbocycles. The molecule has 35 heavy (non-hydrogen) atoms. The molecule has 0 radical (unpaired) electrons. The molecule has 1 aliphatic heterocycles. The van der Waals surface area contributed by atoms with E-state index in [1.807, 2.05) is 49.1 Å². The zero-order valence-electron chi connectivity index (χ0n) is 20.1. The van der Waals surface area contributed by atoms with Crippen molar-refractivity contribution >= 4 is 33.7 Å². The van der Waals surface area contributed by atoms with Gasteiger partial charge in [-0.05, 0) is 31.0 Å². The number of hydrogen-bond donors (Lipinski definition) is 0. The number of rotatable bonds is 4. The Morgan fingerprint density at radius 2 is 1.83 bits per heavy atom. The number of para-hydroxylation sites is 1. The van der Waals surface area contributed by atoms with Crippen LogP contribution in [0, 0.1) is 27.4 Å². The van der Waals surface area contributed by atoms with E-state index in [9.17, 15) is 20.2 Å². The van der Waals surface area contributed by atoms with E-state index in [1.165, 1.54) is 12.1 Å². The maximum Gasteiger partial charge on any atom is 0.269 e. The van der Waals surface area contributed by atoms with Crippen molar-refractivity contribution < 1.29 is 9.72 Å². The molecule has 0 unspecified atom stereocenters. The molecule has 2 aliphatic rings. The Bertz CT molecular complexity index is 1410. The molecule has 0 spiro atoms. The average molecular weight is 470 g/mol. The Balaban J connectivity index is 1.85. The number of benzene rings is 2. The third kappa shape index (κ3) is 3.46. The van der Waals surface area contributed by atoms with Gasteiger partial charge >= 0.3 is 0 Å². The van der Waals surface area contributed by atoms with Crippen LogP contribution in [0.5, 0.6) is 0 Å². The zero-order chi connectivity index (χ0) is 24.9. The van der Waals surface area contributed by atoms with Gasteiger partial charge in [-0.1, -0.05) is 24.6 Å². The summed E-state index contributed by atoms with van der Waals surface area (Å²) in [6.45, 7) is 0. The van der Waals surface area contributed by atoms with Gasteiger partial charge in [-0.15, -0.1) is 0 Å². The van der Waals surface area contributed by atoms with E-state index in [2.05, 4.69) is 16.7 Å². The first-order valence-electron chi connectivity index (χ1n) is 11.8. The molecule has 0 bridgehead atoms. The Labute approximate surface area is 203 Å². The van der Waals surface area contributed by atoms with Crippen LogP contribution >= 0.6 is 0 Å². The van der Waals surface area contributed by atoms with Crippen molar-refractivity contribution in [2.45, 2.75) is 31.6 Å². The summed E-state index contributed by atoms with van der Waals surface area (Å²) in [5, 5.41) is 22.8. The van der Waals surface area contributed by atoms with Crippen LogP contribution in [-0.4, -0.2) is 34.3 Å². The number of Topliss-reactive ketones (excluding diaryl/α,β-unsaturated/α-hetero) is 1. The standard InChI is InChI=1S/C27H27N5O3/c1-29(2)27-21(16-28)24(20-9-5-7-11-23(20)33)26-25(19-8-4-6-10-22(19)30(26)3)31(27)17-12-14-18(15-13-17)32(34)35/h4,6,8,10,12-15,20,24H,5,7,9,11H2,1-3H3/t20-,24-/m0/s1. The Morgan fingerprint density at radius 3 is 2.46 bits per heavy atom. The summed E-state index contributed by atoms with van der Waals surface area (Å²) < 4.78 is 2.11. The van der Waals surface area contributed by atoms with Crippen molar-refractivity contribution in [1.29, 1.82) is 5.26 Å². The molecule has 1 aromatic heterocycles. The highest BCUT2D eigenvalue weighted by Gasteiger charge is 2.45. The molecule has 1 fully saturated rings. The number of anilines is 2. The molecule has 8 heteroatoms. The van der Waals surface area contributed by atoms with E-state index in [0.717, 1.165) is 47.2 Å². The molecule has 178 valence electrons. The summed E-state index contributed by atoms with van der Waals surface area (Å²) >= 11 is 0. The minimum atomic E-state index is -0.419. The highest BCUT2D eigenvalue weighted by Crippen LogP contribution is 2.53. The van der Waals surface area contributed by atoms with E-state index in [0.29, 0.717) is 17.8 Å². The molecule has 0 N–H and O–H groups in total. The number of nitriles is 1. The number of ketones is 1. The summed E-state index contributed by atoms with van der Waals surface area (Å²) in [5.41, 5.74) is 4.14. The van der Waals surface area contributed by atoms with Gasteiger partial charge in [0.15, 0.2) is 0 Å². The number of aromatic nitrogens is 1. The maximum atomic E-state index is 13.2. The first-order chi connectivity index (χ1) is 16.8. The number of allylic oxidation sites excluding steroid dienone is 1. The quantitative estimate of drug-likeness (QED) is 0.376. The SMILES string of the molecule is CN(C)C1=C(C#N)[C@H]([C@H]2CCCCC2=O)c2c(c3ccccc3n2C)N1c1ccc([N+](=O)[O-])cc1. The van der Waals surface area contributed by atoms with Crippen molar-refractivity contribution in [3.05, 3.63) is 75.7 Å². The number of non-ortho nitro benzene ring substituents is 1. The normalized spacial score (nSPS) is 20.1. The monoisotopic (exact) mass is 469 g/mol. The van der Waals surface area contributed by atoms with Gasteiger partial charge in [0.2, 0.25) is 0 Å². The summed E-state index contributed by atoms with van der Waals surface area (Å²) in [7, 11) is 5.77. The molecule has 2 atom stereocenters. The molecule has 1 aliphatic carbocycles. The Hall–Kier alpha value is -4.12. The molecule has 3 aromatic rings. The molecule has 8 nitrogen and oxygen atoms in total. The van der Waals surface area contributed by atoms with Crippen LogP contribution < -0.4 is 4.90 Å². The highest BCUT2D eigenvalue weighted by molar-refractivity contribution is 6.01. The van der Waals surface area contributed by atoms with Crippen LogP contribution in [0.1, 0.15) is 37.3 Å². The molecule has 1 saturated carbocycles. The Kier molecular flexibility index (Phi) is 5.56. The molecule has 0 amide bonds. The van der Waals surface area contributed by atoms with Crippen molar-refractivity contribution in [3.63, 3.8) is 0 Å². The fourth-order valence-electron chi connectivity index (χ4n) is 5.78. The third-order valence-corrected chi connectivity index (χ3v) is 7.27. The predicted molar refractivity (Wildman–Crippen MR) is 134 cm³/mol. The smallest absolute Gasteiger partial charge is 0.269 e. The van der Waals surface area contributed by atoms with E-state index < -0.39 is 4.92 Å². The van der Waals surface area contributed by atoms with Crippen LogP contribution in [0.2, 0.25) is 0 Å². The van der Waals surface area contributed by atoms with Gasteiger partial charge in [0.25, 0.3) is 5.69 Å². The second kappa shape index (κ2) is 8.58. The lowest BCUT2D eigenvalue weighted by atomic mass is 9.72. The number of carbonyl (C=O) groups is 1. The number of nitrogens with zero attached hydrogens (tertiary/aromatic N) is 5. The van der Waals surface area contributed by atoms with Crippen molar-refractivity contribution in [3.8, 4) is 6.07 Å². The van der Waals surface area contributed by atoms with Gasteiger partial charge in [0.1, 0.15) is 11.6 Å². The molecule has 2 heterocycles. The largest absolute Gasteiger partial charge is 0.363 e. The predicted octanol–water partition coefficient (Wildman–Crippen LogP) is 5.38. The van der Waals surface area contributed by atoms with Crippen LogP contribution in [0.3, 0.4) is 0 Å². The van der Waals surface area contributed by atoms with Gasteiger partial charge in [0, 0.05) is 62.6 Å². The second-order valence-electron chi connectivity index (χ2n) is 9.46. The van der Waals surface area contributed by atoms with Crippen molar-refractivity contribution in [1.82, 2.24) is 9.47 Å². The molecule has 5 rings (SSSR count). The third-order valence-electron chi connectivity index (χ3n) is 7.27. The van der Waals surface area contributed by atoms with Crippen LogP contribution in [-0.2, 0) is 11.8 Å². The summed E-state index contributed by atoms with van der Waals surface area (Å²) in [4.78, 5) is 28.0. The lowest BCUT2D eigenvalue weighted by Crippen LogP contribution is -2.38. The minimum Gasteiger partial charge on any atom is -0.363 e. The van der Waals surface area contributed by atoms with E-state index >= 15 is 0 Å². The topological polar surface area (TPSA) is 95.4 Å². The number of nitro groups is 1. The van der Waals surface area contributed by atoms with E-state index in [-0.39, 0.29) is 23.3 Å². The molecule has 0 saturated heterocycles. The first kappa shape index (κ1) is 22.7. The van der Waals surface area contributed by atoms with Gasteiger partial charge in [-0.3, -0.25) is 19.8 Å². The number of nitro benzene ring substituents is 1. The van der Waals surface area contributed by atoms with Crippen LogP contribution in [0.15, 0.2) is 59.9 Å².